The molecule has 0 spiro atoms. The van der Waals surface area contributed by atoms with Crippen LogP contribution in [0.2, 0.25) is 0 Å². The molecule has 0 heterocycles. The van der Waals surface area contributed by atoms with E-state index in [2.05, 4.69) is 25.5 Å². The molecule has 0 bridgehead atoms. The van der Waals surface area contributed by atoms with Crippen molar-refractivity contribution < 1.29 is 8.42 Å². The fourth-order valence-electron chi connectivity index (χ4n) is 2.35. The van der Waals surface area contributed by atoms with E-state index >= 15 is 0 Å². The van der Waals surface area contributed by atoms with E-state index in [4.69, 9.17) is 0 Å². The topological polar surface area (TPSA) is 49.4 Å². The Labute approximate surface area is 145 Å². The van der Waals surface area contributed by atoms with E-state index < -0.39 is 10.0 Å². The van der Waals surface area contributed by atoms with Crippen LogP contribution in [0.4, 0.5) is 11.4 Å². The summed E-state index contributed by atoms with van der Waals surface area (Å²) < 4.78 is 27.8. The molecule has 24 heavy (non-hydrogen) atoms. The molecule has 2 aromatic carbocycles. The Morgan fingerprint density at radius 2 is 1.67 bits per heavy atom. The molecule has 0 aliphatic rings. The van der Waals surface area contributed by atoms with Gasteiger partial charge < -0.3 is 4.90 Å². The standard InChI is InChI=1S/C19H26N2O2S/c1-6-19(2,3)15-10-12-18(13-11-15)24(22,23)20-16-8-7-9-17(14-16)21(4)5/h7-14,20H,6H2,1-5H3. The Morgan fingerprint density at radius 3 is 2.21 bits per heavy atom. The van der Waals surface area contributed by atoms with Crippen LogP contribution in [-0.4, -0.2) is 22.5 Å². The van der Waals surface area contributed by atoms with Crippen molar-refractivity contribution in [1.82, 2.24) is 0 Å². The number of sulfonamides is 1. The molecule has 2 aromatic rings. The van der Waals surface area contributed by atoms with Crippen molar-refractivity contribution in [1.29, 1.82) is 0 Å². The average Bonchev–Trinajstić information content (AvgIpc) is 2.54. The van der Waals surface area contributed by atoms with E-state index in [0.717, 1.165) is 17.7 Å². The minimum atomic E-state index is -3.59. The second-order valence-electron chi connectivity index (χ2n) is 6.81. The Hall–Kier alpha value is -2.01. The summed E-state index contributed by atoms with van der Waals surface area (Å²) in [6.07, 6.45) is 0.995. The normalized spacial score (nSPS) is 12.0. The van der Waals surface area contributed by atoms with Crippen molar-refractivity contribution in [2.24, 2.45) is 0 Å². The smallest absolute Gasteiger partial charge is 0.261 e. The Kier molecular flexibility index (Phi) is 5.23. The lowest BCUT2D eigenvalue weighted by molar-refractivity contribution is 0.506. The number of nitrogens with one attached hydrogen (secondary N) is 1. The highest BCUT2D eigenvalue weighted by Crippen LogP contribution is 2.28. The second-order valence-corrected chi connectivity index (χ2v) is 8.49. The van der Waals surface area contributed by atoms with Gasteiger partial charge in [-0.15, -0.1) is 0 Å². The largest absolute Gasteiger partial charge is 0.378 e. The maximum atomic E-state index is 12.6. The predicted molar refractivity (Wildman–Crippen MR) is 101 cm³/mol. The summed E-state index contributed by atoms with van der Waals surface area (Å²) in [7, 11) is 0.244. The SMILES string of the molecule is CCC(C)(C)c1ccc(S(=O)(=O)Nc2cccc(N(C)C)c2)cc1. The minimum Gasteiger partial charge on any atom is -0.378 e. The van der Waals surface area contributed by atoms with Crippen molar-refractivity contribution in [3.8, 4) is 0 Å². The molecule has 0 saturated heterocycles. The quantitative estimate of drug-likeness (QED) is 0.851. The monoisotopic (exact) mass is 346 g/mol. The summed E-state index contributed by atoms with van der Waals surface area (Å²) in [4.78, 5) is 2.20. The van der Waals surface area contributed by atoms with Gasteiger partial charge in [-0.3, -0.25) is 4.72 Å². The van der Waals surface area contributed by atoms with Crippen LogP contribution in [-0.2, 0) is 15.4 Å². The fourth-order valence-corrected chi connectivity index (χ4v) is 3.40. The third-order valence-electron chi connectivity index (χ3n) is 4.44. The molecule has 130 valence electrons. The number of hydrogen-bond acceptors (Lipinski definition) is 3. The van der Waals surface area contributed by atoms with Gasteiger partial charge in [0, 0.05) is 19.8 Å². The van der Waals surface area contributed by atoms with E-state index in [1.165, 1.54) is 0 Å². The van der Waals surface area contributed by atoms with Gasteiger partial charge >= 0.3 is 0 Å². The molecule has 0 aliphatic carbocycles. The summed E-state index contributed by atoms with van der Waals surface area (Å²) >= 11 is 0. The minimum absolute atomic E-state index is 0.0375. The van der Waals surface area contributed by atoms with Gasteiger partial charge in [-0.05, 0) is 47.7 Å². The lowest BCUT2D eigenvalue weighted by atomic mass is 9.82. The van der Waals surface area contributed by atoms with Gasteiger partial charge in [-0.25, -0.2) is 8.42 Å². The molecule has 2 rings (SSSR count). The van der Waals surface area contributed by atoms with E-state index in [9.17, 15) is 8.42 Å². The lowest BCUT2D eigenvalue weighted by Gasteiger charge is -2.23. The van der Waals surface area contributed by atoms with Crippen LogP contribution >= 0.6 is 0 Å². The van der Waals surface area contributed by atoms with Gasteiger partial charge in [0.25, 0.3) is 10.0 Å². The third-order valence-corrected chi connectivity index (χ3v) is 5.84. The van der Waals surface area contributed by atoms with Crippen molar-refractivity contribution in [3.05, 3.63) is 54.1 Å². The highest BCUT2D eigenvalue weighted by Gasteiger charge is 2.20. The molecule has 0 fully saturated rings. The van der Waals surface area contributed by atoms with E-state index in [1.54, 1.807) is 18.2 Å². The molecule has 5 heteroatoms. The predicted octanol–water partition coefficient (Wildman–Crippen LogP) is 4.24. The Balaban J connectivity index is 2.26. The number of hydrogen-bond donors (Lipinski definition) is 1. The van der Waals surface area contributed by atoms with E-state index in [0.29, 0.717) is 5.69 Å². The third kappa shape index (κ3) is 4.09. The van der Waals surface area contributed by atoms with Gasteiger partial charge in [0.1, 0.15) is 0 Å². The zero-order chi connectivity index (χ0) is 18.0. The summed E-state index contributed by atoms with van der Waals surface area (Å²) in [5, 5.41) is 0. The first-order valence-electron chi connectivity index (χ1n) is 8.06. The number of anilines is 2. The van der Waals surface area contributed by atoms with Gasteiger partial charge in [0.15, 0.2) is 0 Å². The Bertz CT molecular complexity index is 794. The first-order chi connectivity index (χ1) is 11.2. The van der Waals surface area contributed by atoms with Crippen molar-refractivity contribution in [2.45, 2.75) is 37.5 Å². The molecule has 0 amide bonds. The highest BCUT2D eigenvalue weighted by molar-refractivity contribution is 7.92. The summed E-state index contributed by atoms with van der Waals surface area (Å²) in [5.74, 6) is 0. The average molecular weight is 346 g/mol. The molecule has 0 aliphatic heterocycles. The molecule has 4 nitrogen and oxygen atoms in total. The van der Waals surface area contributed by atoms with Gasteiger partial charge in [-0.2, -0.15) is 0 Å². The van der Waals surface area contributed by atoms with E-state index in [1.807, 2.05) is 49.3 Å². The van der Waals surface area contributed by atoms with Crippen LogP contribution in [0.1, 0.15) is 32.8 Å². The molecular formula is C19H26N2O2S. The molecule has 0 saturated carbocycles. The van der Waals surface area contributed by atoms with Crippen LogP contribution in [0.5, 0.6) is 0 Å². The van der Waals surface area contributed by atoms with Crippen molar-refractivity contribution in [2.75, 3.05) is 23.7 Å². The van der Waals surface area contributed by atoms with Crippen LogP contribution in [0.15, 0.2) is 53.4 Å². The zero-order valence-corrected chi connectivity index (χ0v) is 15.8. The molecule has 0 atom stereocenters. The first-order valence-corrected chi connectivity index (χ1v) is 9.55. The molecule has 1 N–H and O–H groups in total. The maximum absolute atomic E-state index is 12.6. The molecule has 0 aromatic heterocycles. The van der Waals surface area contributed by atoms with Crippen molar-refractivity contribution in [3.63, 3.8) is 0 Å². The van der Waals surface area contributed by atoms with Crippen LogP contribution in [0.25, 0.3) is 0 Å². The van der Waals surface area contributed by atoms with Gasteiger partial charge in [-0.1, -0.05) is 39.0 Å². The zero-order valence-electron chi connectivity index (χ0n) is 15.0. The first kappa shape index (κ1) is 18.3. The fraction of sp³-hybridized carbons (Fsp3) is 0.368. The summed E-state index contributed by atoms with van der Waals surface area (Å²) in [5.41, 5.74) is 2.67. The van der Waals surface area contributed by atoms with Crippen LogP contribution in [0, 0.1) is 0 Å². The van der Waals surface area contributed by atoms with E-state index in [-0.39, 0.29) is 10.3 Å². The summed E-state index contributed by atoms with van der Waals surface area (Å²) in [6.45, 7) is 6.44. The Morgan fingerprint density at radius 1 is 1.04 bits per heavy atom. The molecule has 0 unspecified atom stereocenters. The lowest BCUT2D eigenvalue weighted by Crippen LogP contribution is -2.17. The number of benzene rings is 2. The van der Waals surface area contributed by atoms with Gasteiger partial charge in [0.05, 0.1) is 10.6 Å². The number of rotatable bonds is 6. The summed E-state index contributed by atoms with van der Waals surface area (Å²) in [6, 6.07) is 14.5. The maximum Gasteiger partial charge on any atom is 0.261 e. The second kappa shape index (κ2) is 6.85. The highest BCUT2D eigenvalue weighted by atomic mass is 32.2. The molecule has 0 radical (unpaired) electrons. The number of nitrogens with zero attached hydrogens (tertiary/aromatic N) is 1. The van der Waals surface area contributed by atoms with Gasteiger partial charge in [0.2, 0.25) is 0 Å². The van der Waals surface area contributed by atoms with Crippen LogP contribution in [0.3, 0.4) is 0 Å². The van der Waals surface area contributed by atoms with Crippen molar-refractivity contribution >= 4 is 21.4 Å². The van der Waals surface area contributed by atoms with Crippen LogP contribution < -0.4 is 9.62 Å². The molecular weight excluding hydrogens is 320 g/mol.